The highest BCUT2D eigenvalue weighted by Crippen LogP contribution is 2.35. The van der Waals surface area contributed by atoms with E-state index in [-0.39, 0.29) is 16.2 Å². The molecule has 2 rings (SSSR count). The van der Waals surface area contributed by atoms with Crippen LogP contribution >= 0.6 is 8.20 Å². The van der Waals surface area contributed by atoms with Crippen molar-refractivity contribution in [2.24, 2.45) is 0 Å². The molecule has 0 aliphatic carbocycles. The molecular weight excluding hydrogens is 435 g/mol. The highest BCUT2D eigenvalue weighted by molar-refractivity contribution is 7.49. The number of rotatable bonds is 5. The van der Waals surface area contributed by atoms with Gasteiger partial charge in [-0.2, -0.15) is 0 Å². The summed E-state index contributed by atoms with van der Waals surface area (Å²) in [6, 6.07) is 15.4. The predicted molar refractivity (Wildman–Crippen MR) is 154 cm³/mol. The fourth-order valence-electron chi connectivity index (χ4n) is 3.58. The lowest BCUT2D eigenvalue weighted by atomic mass is 9.75. The number of hydrogen-bond donors (Lipinski definition) is 0. The van der Waals surface area contributed by atoms with Crippen LogP contribution in [0.4, 0.5) is 0 Å². The van der Waals surface area contributed by atoms with Crippen molar-refractivity contribution in [3.05, 3.63) is 70.8 Å². The summed E-state index contributed by atoms with van der Waals surface area (Å²) in [4.78, 5) is 0. The molecule has 33 heavy (non-hydrogen) atoms. The predicted octanol–water partition coefficient (Wildman–Crippen LogP) is 8.85. The molecule has 3 heteroatoms. The maximum Gasteiger partial charge on any atom is 0.192 e. The molecule has 0 amide bonds. The van der Waals surface area contributed by atoms with Crippen LogP contribution in [-0.4, -0.2) is 13.8 Å². The molecule has 0 aliphatic rings. The van der Waals surface area contributed by atoms with Gasteiger partial charge in [0.25, 0.3) is 0 Å². The Hall–Kier alpha value is -1.47. The third kappa shape index (κ3) is 8.36. The van der Waals surface area contributed by atoms with E-state index in [9.17, 15) is 0 Å². The molecule has 0 N–H and O–H groups in total. The normalized spacial score (nSPS) is 14.2. The fraction of sp³-hybridized carbons (Fsp3) is 0.500. The van der Waals surface area contributed by atoms with Gasteiger partial charge in [-0.1, -0.05) is 111 Å². The van der Waals surface area contributed by atoms with E-state index < -0.39 is 8.32 Å². The first kappa shape index (κ1) is 27.8. The first-order valence-electron chi connectivity index (χ1n) is 12.1. The molecule has 0 radical (unpaired) electrons. The highest BCUT2D eigenvalue weighted by Gasteiger charge is 2.29. The Labute approximate surface area is 206 Å². The van der Waals surface area contributed by atoms with Crippen molar-refractivity contribution in [2.75, 3.05) is 0 Å². The molecule has 0 spiro atoms. The van der Waals surface area contributed by atoms with Crippen molar-refractivity contribution in [3.8, 4) is 0 Å². The van der Waals surface area contributed by atoms with Crippen LogP contribution < -0.4 is 5.30 Å². The van der Waals surface area contributed by atoms with Gasteiger partial charge in [0.05, 0.1) is 5.48 Å². The molecule has 0 atom stereocenters. The number of hydrogen-bond acceptors (Lipinski definition) is 1. The monoisotopic (exact) mass is 480 g/mol. The van der Waals surface area contributed by atoms with Crippen molar-refractivity contribution in [3.63, 3.8) is 0 Å². The summed E-state index contributed by atoms with van der Waals surface area (Å²) in [5.74, 6) is 0. The van der Waals surface area contributed by atoms with Crippen molar-refractivity contribution in [1.29, 1.82) is 0 Å². The van der Waals surface area contributed by atoms with Crippen LogP contribution in [0.3, 0.4) is 0 Å². The molecule has 0 saturated carbocycles. The smallest absolute Gasteiger partial charge is 0.192 e. The van der Waals surface area contributed by atoms with Gasteiger partial charge in [0.15, 0.2) is 8.32 Å². The summed E-state index contributed by atoms with van der Waals surface area (Å²) in [7, 11) is -0.629. The van der Waals surface area contributed by atoms with Crippen LogP contribution in [0.1, 0.15) is 84.6 Å². The SMILES string of the molecule is CC(C)(C)c1cc(C(C)(C)C)c(P=C(/C=C/c2ccccc2)O[Si](C)(C)C)c(C(C)(C)C)c1. The van der Waals surface area contributed by atoms with E-state index in [1.54, 1.807) is 0 Å². The Balaban J connectivity index is 2.84. The summed E-state index contributed by atoms with van der Waals surface area (Å²) >= 11 is 0. The highest BCUT2D eigenvalue weighted by atomic mass is 31.1. The zero-order valence-corrected chi connectivity index (χ0v) is 24.9. The largest absolute Gasteiger partial charge is 0.382 e. The van der Waals surface area contributed by atoms with Gasteiger partial charge in [0, 0.05) is 5.30 Å². The minimum atomic E-state index is -1.77. The Morgan fingerprint density at radius 3 is 1.64 bits per heavy atom. The van der Waals surface area contributed by atoms with E-state index in [0.717, 1.165) is 13.7 Å². The average Bonchev–Trinajstić information content (AvgIpc) is 2.63. The van der Waals surface area contributed by atoms with Crippen molar-refractivity contribution in [2.45, 2.75) is 98.2 Å². The Kier molecular flexibility index (Phi) is 8.44. The lowest BCUT2D eigenvalue weighted by Gasteiger charge is -2.32. The van der Waals surface area contributed by atoms with E-state index in [2.05, 4.69) is 137 Å². The molecule has 0 unspecified atom stereocenters. The summed E-state index contributed by atoms with van der Waals surface area (Å²) in [6.45, 7) is 27.7. The molecule has 2 aromatic carbocycles. The van der Waals surface area contributed by atoms with E-state index in [4.69, 9.17) is 4.43 Å². The minimum absolute atomic E-state index is 0.0387. The van der Waals surface area contributed by atoms with Gasteiger partial charge >= 0.3 is 0 Å². The van der Waals surface area contributed by atoms with Gasteiger partial charge in [-0.25, -0.2) is 0 Å². The average molecular weight is 481 g/mol. The van der Waals surface area contributed by atoms with Crippen molar-refractivity contribution < 1.29 is 4.43 Å². The van der Waals surface area contributed by atoms with Crippen LogP contribution in [-0.2, 0) is 20.7 Å². The summed E-state index contributed by atoms with van der Waals surface area (Å²) in [5, 5.41) is 1.40. The van der Waals surface area contributed by atoms with Crippen LogP contribution in [0.25, 0.3) is 6.08 Å². The second kappa shape index (κ2) is 10.0. The van der Waals surface area contributed by atoms with E-state index in [1.807, 2.05) is 0 Å². The fourth-order valence-corrected chi connectivity index (χ4v) is 6.69. The molecule has 0 heterocycles. The number of benzene rings is 2. The molecule has 180 valence electrons. The zero-order valence-electron chi connectivity index (χ0n) is 23.1. The van der Waals surface area contributed by atoms with Gasteiger partial charge in [-0.15, -0.1) is 0 Å². The minimum Gasteiger partial charge on any atom is -0.382 e. The van der Waals surface area contributed by atoms with E-state index >= 15 is 0 Å². The lowest BCUT2D eigenvalue weighted by molar-refractivity contribution is 0.553. The molecule has 0 bridgehead atoms. The summed E-state index contributed by atoms with van der Waals surface area (Å²) < 4.78 is 6.65. The van der Waals surface area contributed by atoms with E-state index in [0.29, 0.717) is 0 Å². The first-order chi connectivity index (χ1) is 14.9. The standard InChI is InChI=1S/C30H45OPSi/c1-28(2,3)23-20-24(29(4,5)6)27(25(21-23)30(7,8)9)32-26(31-33(10,11)12)19-18-22-16-14-13-15-17-22/h13-21H,1-12H3/b19-18+. The molecule has 2 aromatic rings. The second-order valence-corrected chi connectivity index (χ2v) is 18.6. The van der Waals surface area contributed by atoms with Crippen LogP contribution in [0.15, 0.2) is 48.5 Å². The van der Waals surface area contributed by atoms with Crippen molar-refractivity contribution in [1.82, 2.24) is 0 Å². The van der Waals surface area contributed by atoms with Gasteiger partial charge < -0.3 is 4.43 Å². The molecular formula is C30H45OPSi. The topological polar surface area (TPSA) is 9.23 Å². The van der Waals surface area contributed by atoms with Crippen LogP contribution in [0.2, 0.25) is 19.6 Å². The molecule has 0 aliphatic heterocycles. The quantitative estimate of drug-likeness (QED) is 0.307. The van der Waals surface area contributed by atoms with Crippen LogP contribution in [0.5, 0.6) is 0 Å². The second-order valence-electron chi connectivity index (χ2n) is 13.1. The molecule has 1 nitrogen and oxygen atoms in total. The maximum atomic E-state index is 6.65. The third-order valence-corrected chi connectivity index (χ3v) is 7.61. The molecule has 0 saturated heterocycles. The summed E-state index contributed by atoms with van der Waals surface area (Å²) in [6.07, 6.45) is 4.37. The summed E-state index contributed by atoms with van der Waals surface area (Å²) in [5.41, 5.74) is 6.66. The van der Waals surface area contributed by atoms with Crippen molar-refractivity contribution >= 4 is 33.4 Å². The zero-order chi connectivity index (χ0) is 25.2. The first-order valence-corrected chi connectivity index (χ1v) is 16.4. The van der Waals surface area contributed by atoms with Gasteiger partial charge in [0.1, 0.15) is 0 Å². The molecule has 0 fully saturated rings. The lowest BCUT2D eigenvalue weighted by Crippen LogP contribution is -2.31. The Bertz CT molecular complexity index is 969. The Morgan fingerprint density at radius 2 is 1.24 bits per heavy atom. The third-order valence-electron chi connectivity index (χ3n) is 5.44. The van der Waals surface area contributed by atoms with E-state index in [1.165, 1.54) is 27.6 Å². The van der Waals surface area contributed by atoms with Gasteiger partial charge in [-0.3, -0.25) is 0 Å². The maximum absolute atomic E-state index is 6.65. The van der Waals surface area contributed by atoms with Gasteiger partial charge in [-0.05, 0) is 72.4 Å². The van der Waals surface area contributed by atoms with Gasteiger partial charge in [0.2, 0.25) is 0 Å². The Morgan fingerprint density at radius 1 is 0.758 bits per heavy atom. The molecule has 0 aromatic heterocycles. The van der Waals surface area contributed by atoms with Crippen LogP contribution in [0, 0.1) is 0 Å².